The van der Waals surface area contributed by atoms with Crippen LogP contribution in [0.2, 0.25) is 0 Å². The smallest absolute Gasteiger partial charge is 0.127 e. The molecule has 0 aromatic heterocycles. The first kappa shape index (κ1) is 25.1. The molecular formula is C28H48O2. The van der Waals surface area contributed by atoms with Crippen molar-refractivity contribution in [3.8, 4) is 11.5 Å². The van der Waals surface area contributed by atoms with Gasteiger partial charge in [-0.05, 0) is 87.8 Å². The third-order valence-electron chi connectivity index (χ3n) is 7.63. The zero-order valence-electron chi connectivity index (χ0n) is 21.2. The van der Waals surface area contributed by atoms with E-state index in [4.69, 9.17) is 4.74 Å². The molecule has 0 aliphatic carbocycles. The number of benzene rings is 1. The lowest BCUT2D eigenvalue weighted by Crippen LogP contribution is -2.37. The monoisotopic (exact) mass is 416 g/mol. The molecule has 0 amide bonds. The first-order chi connectivity index (χ1) is 14.0. The second-order valence-electron chi connectivity index (χ2n) is 11.1. The van der Waals surface area contributed by atoms with Gasteiger partial charge in [-0.15, -0.1) is 0 Å². The van der Waals surface area contributed by atoms with E-state index in [2.05, 4.69) is 41.5 Å². The van der Waals surface area contributed by atoms with Crippen LogP contribution in [0.4, 0.5) is 0 Å². The van der Waals surface area contributed by atoms with E-state index in [0.717, 1.165) is 59.5 Å². The fourth-order valence-electron chi connectivity index (χ4n) is 5.00. The number of ether oxygens (including phenoxy) is 1. The molecule has 1 aromatic rings. The maximum Gasteiger partial charge on any atom is 0.127 e. The third kappa shape index (κ3) is 6.66. The fraction of sp³-hybridized carbons (Fsp3) is 0.786. The summed E-state index contributed by atoms with van der Waals surface area (Å²) in [5, 5.41) is 10.4. The van der Waals surface area contributed by atoms with E-state index in [1.54, 1.807) is 0 Å². The van der Waals surface area contributed by atoms with Crippen LogP contribution in [-0.4, -0.2) is 10.7 Å². The van der Waals surface area contributed by atoms with Gasteiger partial charge >= 0.3 is 0 Å². The summed E-state index contributed by atoms with van der Waals surface area (Å²) < 4.78 is 6.61. The highest BCUT2D eigenvalue weighted by Crippen LogP contribution is 2.44. The van der Waals surface area contributed by atoms with Gasteiger partial charge in [0.2, 0.25) is 0 Å². The molecule has 1 N–H and O–H groups in total. The van der Waals surface area contributed by atoms with Gasteiger partial charge in [0, 0.05) is 5.56 Å². The van der Waals surface area contributed by atoms with Crippen molar-refractivity contribution in [2.24, 2.45) is 17.8 Å². The minimum absolute atomic E-state index is 0.0774. The van der Waals surface area contributed by atoms with Gasteiger partial charge in [0.15, 0.2) is 0 Å². The number of aromatic hydroxyl groups is 1. The molecule has 0 bridgehead atoms. The lowest BCUT2D eigenvalue weighted by Gasteiger charge is -2.38. The molecule has 2 nitrogen and oxygen atoms in total. The summed E-state index contributed by atoms with van der Waals surface area (Å²) in [6.07, 6.45) is 12.7. The Morgan fingerprint density at radius 1 is 0.833 bits per heavy atom. The number of phenolic OH excluding ortho intramolecular Hbond substituents is 1. The summed E-state index contributed by atoms with van der Waals surface area (Å²) in [5.41, 5.74) is 4.22. The van der Waals surface area contributed by atoms with E-state index in [9.17, 15) is 5.11 Å². The number of hydrogen-bond donors (Lipinski definition) is 1. The van der Waals surface area contributed by atoms with Gasteiger partial charge in [0.25, 0.3) is 0 Å². The molecule has 0 fully saturated rings. The van der Waals surface area contributed by atoms with E-state index in [0.29, 0.717) is 5.75 Å². The van der Waals surface area contributed by atoms with Crippen molar-refractivity contribution in [3.05, 3.63) is 22.3 Å². The van der Waals surface area contributed by atoms with Crippen molar-refractivity contribution >= 4 is 0 Å². The van der Waals surface area contributed by atoms with Crippen molar-refractivity contribution in [2.45, 2.75) is 125 Å². The zero-order valence-corrected chi connectivity index (χ0v) is 21.2. The molecule has 0 saturated heterocycles. The van der Waals surface area contributed by atoms with Crippen molar-refractivity contribution in [2.75, 3.05) is 0 Å². The maximum absolute atomic E-state index is 10.4. The Bertz CT molecular complexity index is 691. The third-order valence-corrected chi connectivity index (χ3v) is 7.63. The molecule has 1 aromatic carbocycles. The minimum Gasteiger partial charge on any atom is -0.507 e. The molecule has 1 heterocycles. The van der Waals surface area contributed by atoms with E-state index < -0.39 is 0 Å². The van der Waals surface area contributed by atoms with Crippen molar-refractivity contribution in [1.29, 1.82) is 0 Å². The van der Waals surface area contributed by atoms with E-state index in [-0.39, 0.29) is 5.60 Å². The summed E-state index contributed by atoms with van der Waals surface area (Å²) >= 11 is 0. The lowest BCUT2D eigenvalue weighted by atomic mass is 9.83. The standard InChI is InChI=1S/C28H48O2/c1-19(2)11-9-12-20(3)13-10-14-21(4)15-17-28(8)18-16-25-24(7)26(29)22(5)23(6)27(25)30-28/h19-21,29H,9-18H2,1-8H3/t20-,21-,28+/m1/s1. The SMILES string of the molecule is Cc1c(C)c2c(c(C)c1O)CC[C@](C)(CC[C@H](C)CCC[C@H](C)CCCC(C)C)O2. The second kappa shape index (κ2) is 10.9. The number of phenols is 1. The predicted octanol–water partition coefficient (Wildman–Crippen LogP) is 8.45. The first-order valence-corrected chi connectivity index (χ1v) is 12.5. The van der Waals surface area contributed by atoms with Gasteiger partial charge in [-0.3, -0.25) is 0 Å². The molecule has 2 heteroatoms. The molecule has 2 rings (SSSR count). The van der Waals surface area contributed by atoms with Gasteiger partial charge in [-0.1, -0.05) is 66.2 Å². The zero-order chi connectivity index (χ0) is 22.5. The van der Waals surface area contributed by atoms with Gasteiger partial charge < -0.3 is 9.84 Å². The number of fused-ring (bicyclic) bond motifs is 1. The highest BCUT2D eigenvalue weighted by Gasteiger charge is 2.34. The number of hydrogen-bond acceptors (Lipinski definition) is 2. The molecule has 0 radical (unpaired) electrons. The largest absolute Gasteiger partial charge is 0.507 e. The normalized spacial score (nSPS) is 20.7. The van der Waals surface area contributed by atoms with Crippen molar-refractivity contribution < 1.29 is 9.84 Å². The van der Waals surface area contributed by atoms with Crippen LogP contribution in [0.3, 0.4) is 0 Å². The Morgan fingerprint density at radius 2 is 1.40 bits per heavy atom. The quantitative estimate of drug-likeness (QED) is 0.392. The van der Waals surface area contributed by atoms with Gasteiger partial charge in [0.1, 0.15) is 17.1 Å². The van der Waals surface area contributed by atoms with Crippen LogP contribution >= 0.6 is 0 Å². The number of rotatable bonds is 11. The molecule has 0 spiro atoms. The van der Waals surface area contributed by atoms with Crippen LogP contribution in [0.5, 0.6) is 11.5 Å². The Labute approximate surface area is 186 Å². The molecule has 1 aliphatic rings. The lowest BCUT2D eigenvalue weighted by molar-refractivity contribution is 0.0484. The molecule has 1 aliphatic heterocycles. The summed E-state index contributed by atoms with van der Waals surface area (Å²) in [5.74, 6) is 3.97. The van der Waals surface area contributed by atoms with Crippen LogP contribution < -0.4 is 4.74 Å². The maximum atomic E-state index is 10.4. The molecular weight excluding hydrogens is 368 g/mol. The van der Waals surface area contributed by atoms with Crippen molar-refractivity contribution in [1.82, 2.24) is 0 Å². The highest BCUT2D eigenvalue weighted by molar-refractivity contribution is 5.58. The van der Waals surface area contributed by atoms with Crippen LogP contribution in [0.25, 0.3) is 0 Å². The Balaban J connectivity index is 1.80. The fourth-order valence-corrected chi connectivity index (χ4v) is 5.00. The Hall–Kier alpha value is -1.18. The average Bonchev–Trinajstić information content (AvgIpc) is 2.69. The molecule has 0 saturated carbocycles. The predicted molar refractivity (Wildman–Crippen MR) is 130 cm³/mol. The van der Waals surface area contributed by atoms with Crippen LogP contribution in [0.1, 0.15) is 115 Å². The summed E-state index contributed by atoms with van der Waals surface area (Å²) in [6.45, 7) is 17.9. The van der Waals surface area contributed by atoms with Crippen molar-refractivity contribution in [3.63, 3.8) is 0 Å². The molecule has 3 atom stereocenters. The van der Waals surface area contributed by atoms with E-state index >= 15 is 0 Å². The summed E-state index contributed by atoms with van der Waals surface area (Å²) in [7, 11) is 0. The second-order valence-corrected chi connectivity index (χ2v) is 11.1. The van der Waals surface area contributed by atoms with Crippen LogP contribution in [0, 0.1) is 38.5 Å². The van der Waals surface area contributed by atoms with Crippen LogP contribution in [0.15, 0.2) is 0 Å². The van der Waals surface area contributed by atoms with Gasteiger partial charge in [-0.2, -0.15) is 0 Å². The molecule has 30 heavy (non-hydrogen) atoms. The molecule has 0 unspecified atom stereocenters. The highest BCUT2D eigenvalue weighted by atomic mass is 16.5. The van der Waals surface area contributed by atoms with Gasteiger partial charge in [0.05, 0.1) is 0 Å². The molecule has 172 valence electrons. The average molecular weight is 417 g/mol. The van der Waals surface area contributed by atoms with E-state index in [1.165, 1.54) is 50.5 Å². The summed E-state index contributed by atoms with van der Waals surface area (Å²) in [4.78, 5) is 0. The minimum atomic E-state index is -0.0774. The topological polar surface area (TPSA) is 29.5 Å². The van der Waals surface area contributed by atoms with E-state index in [1.807, 2.05) is 13.8 Å². The Kier molecular flexibility index (Phi) is 9.13. The Morgan fingerprint density at radius 3 is 2.00 bits per heavy atom. The van der Waals surface area contributed by atoms with Gasteiger partial charge in [-0.25, -0.2) is 0 Å². The summed E-state index contributed by atoms with van der Waals surface area (Å²) in [6, 6.07) is 0. The first-order valence-electron chi connectivity index (χ1n) is 12.5. The van der Waals surface area contributed by atoms with Crippen LogP contribution in [-0.2, 0) is 6.42 Å².